The van der Waals surface area contributed by atoms with Crippen LogP contribution >= 0.6 is 0 Å². The molecule has 1 aliphatic heterocycles. The van der Waals surface area contributed by atoms with E-state index in [1.54, 1.807) is 6.20 Å². The number of nitrogens with zero attached hydrogens (tertiary/aromatic N) is 4. The molecule has 0 radical (unpaired) electrons. The van der Waals surface area contributed by atoms with Gasteiger partial charge in [-0.15, -0.1) is 0 Å². The maximum absolute atomic E-state index is 5.59. The number of hydrogen-bond donors (Lipinski definition) is 2. The first-order valence-corrected chi connectivity index (χ1v) is 9.20. The highest BCUT2D eigenvalue weighted by molar-refractivity contribution is 5.91. The zero-order valence-corrected chi connectivity index (χ0v) is 14.8. The molecule has 0 spiro atoms. The molecule has 0 amide bonds. The van der Waals surface area contributed by atoms with Crippen molar-refractivity contribution in [3.8, 4) is 11.4 Å². The molecule has 2 aliphatic rings. The molecule has 4 heterocycles. The molecule has 5 rings (SSSR count). The Morgan fingerprint density at radius 1 is 1.27 bits per heavy atom. The lowest BCUT2D eigenvalue weighted by Gasteiger charge is -2.34. The summed E-state index contributed by atoms with van der Waals surface area (Å²) >= 11 is 0. The number of H-pyrrole nitrogens is 1. The molecule has 3 aromatic heterocycles. The van der Waals surface area contributed by atoms with E-state index in [1.807, 2.05) is 18.3 Å². The Kier molecular flexibility index (Phi) is 3.74. The van der Waals surface area contributed by atoms with Gasteiger partial charge in [-0.2, -0.15) is 0 Å². The third-order valence-electron chi connectivity index (χ3n) is 5.00. The van der Waals surface area contributed by atoms with Crippen LogP contribution in [-0.4, -0.2) is 51.8 Å². The molecule has 7 heteroatoms. The Morgan fingerprint density at radius 2 is 2.19 bits per heavy atom. The lowest BCUT2D eigenvalue weighted by Crippen LogP contribution is -2.44. The number of ether oxygens (including phenoxy) is 1. The van der Waals surface area contributed by atoms with Crippen LogP contribution in [0, 0.1) is 0 Å². The summed E-state index contributed by atoms with van der Waals surface area (Å²) in [7, 11) is 0. The zero-order valence-electron chi connectivity index (χ0n) is 14.8. The van der Waals surface area contributed by atoms with Gasteiger partial charge in [-0.25, -0.2) is 15.0 Å². The van der Waals surface area contributed by atoms with Crippen molar-refractivity contribution in [1.82, 2.24) is 19.9 Å². The smallest absolute Gasteiger partial charge is 0.164 e. The van der Waals surface area contributed by atoms with E-state index in [2.05, 4.69) is 33.2 Å². The molecule has 1 saturated carbocycles. The average molecular weight is 350 g/mol. The van der Waals surface area contributed by atoms with Gasteiger partial charge in [-0.05, 0) is 31.9 Å². The summed E-state index contributed by atoms with van der Waals surface area (Å²) in [5.74, 6) is 2.58. The normalized spacial score (nSPS) is 20.5. The molecule has 1 aliphatic carbocycles. The van der Waals surface area contributed by atoms with E-state index in [0.29, 0.717) is 12.1 Å². The van der Waals surface area contributed by atoms with Crippen molar-refractivity contribution in [2.75, 3.05) is 30.0 Å². The first-order valence-electron chi connectivity index (χ1n) is 9.20. The van der Waals surface area contributed by atoms with Gasteiger partial charge in [0.25, 0.3) is 0 Å². The average Bonchev–Trinajstić information content (AvgIpc) is 3.33. The van der Waals surface area contributed by atoms with Gasteiger partial charge < -0.3 is 19.9 Å². The van der Waals surface area contributed by atoms with Gasteiger partial charge >= 0.3 is 0 Å². The number of aromatic amines is 1. The summed E-state index contributed by atoms with van der Waals surface area (Å²) in [4.78, 5) is 19.6. The maximum Gasteiger partial charge on any atom is 0.164 e. The van der Waals surface area contributed by atoms with Crippen molar-refractivity contribution in [3.05, 3.63) is 30.6 Å². The molecule has 1 atom stereocenters. The van der Waals surface area contributed by atoms with Crippen molar-refractivity contribution < 1.29 is 4.74 Å². The van der Waals surface area contributed by atoms with Crippen LogP contribution in [0.3, 0.4) is 0 Å². The molecule has 0 aromatic carbocycles. The van der Waals surface area contributed by atoms with Crippen LogP contribution in [0.15, 0.2) is 30.6 Å². The predicted octanol–water partition coefficient (Wildman–Crippen LogP) is 2.82. The molecule has 1 saturated heterocycles. The zero-order chi connectivity index (χ0) is 17.5. The van der Waals surface area contributed by atoms with Crippen molar-refractivity contribution in [3.63, 3.8) is 0 Å². The number of pyridine rings is 1. The van der Waals surface area contributed by atoms with E-state index in [4.69, 9.17) is 14.7 Å². The number of nitrogens with one attached hydrogen (secondary N) is 2. The summed E-state index contributed by atoms with van der Waals surface area (Å²) in [6, 6.07) is 6.92. The van der Waals surface area contributed by atoms with E-state index >= 15 is 0 Å². The van der Waals surface area contributed by atoms with Gasteiger partial charge in [0.15, 0.2) is 5.82 Å². The molecule has 26 heavy (non-hydrogen) atoms. The summed E-state index contributed by atoms with van der Waals surface area (Å²) in [6.07, 6.45) is 6.12. The molecule has 7 nitrogen and oxygen atoms in total. The van der Waals surface area contributed by atoms with Crippen molar-refractivity contribution >= 4 is 22.7 Å². The van der Waals surface area contributed by atoms with E-state index in [1.165, 1.54) is 12.8 Å². The van der Waals surface area contributed by atoms with Crippen molar-refractivity contribution in [1.29, 1.82) is 0 Å². The lowest BCUT2D eigenvalue weighted by molar-refractivity contribution is 0.0985. The number of anilines is 2. The quantitative estimate of drug-likeness (QED) is 0.753. The van der Waals surface area contributed by atoms with Crippen molar-refractivity contribution in [2.45, 2.75) is 31.8 Å². The van der Waals surface area contributed by atoms with Gasteiger partial charge in [-0.1, -0.05) is 0 Å². The Balaban J connectivity index is 1.61. The highest BCUT2D eigenvalue weighted by Gasteiger charge is 2.25. The number of fused-ring (bicyclic) bond motifs is 1. The fourth-order valence-corrected chi connectivity index (χ4v) is 3.44. The molecule has 1 unspecified atom stereocenters. The summed E-state index contributed by atoms with van der Waals surface area (Å²) in [5, 5.41) is 4.57. The van der Waals surface area contributed by atoms with Gasteiger partial charge in [0, 0.05) is 42.0 Å². The third kappa shape index (κ3) is 2.88. The first-order chi connectivity index (χ1) is 12.8. The highest BCUT2D eigenvalue weighted by Crippen LogP contribution is 2.31. The maximum atomic E-state index is 5.59. The SMILES string of the molecule is CC1COCCN1c1cc(NC2CC2)nc(-c2ccnc3[nH]ccc23)n1. The van der Waals surface area contributed by atoms with E-state index in [-0.39, 0.29) is 0 Å². The minimum atomic E-state index is 0.296. The van der Waals surface area contributed by atoms with Gasteiger partial charge in [0.05, 0.1) is 19.3 Å². The second-order valence-corrected chi connectivity index (χ2v) is 7.07. The van der Waals surface area contributed by atoms with Crippen LogP contribution in [-0.2, 0) is 4.74 Å². The second-order valence-electron chi connectivity index (χ2n) is 7.07. The van der Waals surface area contributed by atoms with Gasteiger partial charge in [-0.3, -0.25) is 0 Å². The largest absolute Gasteiger partial charge is 0.377 e. The molecular weight excluding hydrogens is 328 g/mol. The number of morpholine rings is 1. The Morgan fingerprint density at radius 3 is 3.04 bits per heavy atom. The molecule has 3 aromatic rings. The monoisotopic (exact) mass is 350 g/mol. The minimum absolute atomic E-state index is 0.296. The summed E-state index contributed by atoms with van der Waals surface area (Å²) < 4.78 is 5.59. The van der Waals surface area contributed by atoms with Crippen LogP contribution in [0.4, 0.5) is 11.6 Å². The fourth-order valence-electron chi connectivity index (χ4n) is 3.44. The van der Waals surface area contributed by atoms with Gasteiger partial charge in [0.1, 0.15) is 17.3 Å². The molecule has 0 bridgehead atoms. The Hall–Kier alpha value is -2.67. The summed E-state index contributed by atoms with van der Waals surface area (Å²) in [5.41, 5.74) is 1.85. The van der Waals surface area contributed by atoms with Crippen LogP contribution < -0.4 is 10.2 Å². The van der Waals surface area contributed by atoms with Crippen LogP contribution in [0.2, 0.25) is 0 Å². The van der Waals surface area contributed by atoms with E-state index < -0.39 is 0 Å². The van der Waals surface area contributed by atoms with Crippen LogP contribution in [0.25, 0.3) is 22.4 Å². The number of aromatic nitrogens is 4. The third-order valence-corrected chi connectivity index (χ3v) is 5.00. The number of rotatable bonds is 4. The molecular formula is C19H22N6O. The number of hydrogen-bond acceptors (Lipinski definition) is 6. The fraction of sp³-hybridized carbons (Fsp3) is 0.421. The molecule has 2 N–H and O–H groups in total. The Labute approximate surface area is 151 Å². The van der Waals surface area contributed by atoms with Gasteiger partial charge in [0.2, 0.25) is 0 Å². The minimum Gasteiger partial charge on any atom is -0.377 e. The first kappa shape index (κ1) is 15.6. The standard InChI is InChI=1S/C19H22N6O/c1-12-11-26-9-8-25(12)17-10-16(22-13-2-3-13)23-19(24-17)15-5-7-21-18-14(15)4-6-20-18/h4-7,10,12-13H,2-3,8-9,11H2,1H3,(H,20,21)(H,22,23,24). The molecule has 2 fully saturated rings. The molecule has 134 valence electrons. The topological polar surface area (TPSA) is 79.0 Å². The predicted molar refractivity (Wildman–Crippen MR) is 101 cm³/mol. The van der Waals surface area contributed by atoms with Crippen LogP contribution in [0.1, 0.15) is 19.8 Å². The van der Waals surface area contributed by atoms with Crippen molar-refractivity contribution in [2.24, 2.45) is 0 Å². The van der Waals surface area contributed by atoms with Crippen LogP contribution in [0.5, 0.6) is 0 Å². The highest BCUT2D eigenvalue weighted by atomic mass is 16.5. The van der Waals surface area contributed by atoms with E-state index in [9.17, 15) is 0 Å². The van der Waals surface area contributed by atoms with E-state index in [0.717, 1.165) is 53.8 Å². The second kappa shape index (κ2) is 6.25. The lowest BCUT2D eigenvalue weighted by atomic mass is 10.1. The Bertz CT molecular complexity index is 935. The summed E-state index contributed by atoms with van der Waals surface area (Å²) in [6.45, 7) is 4.47.